The Morgan fingerprint density at radius 1 is 1.07 bits per heavy atom. The van der Waals surface area contributed by atoms with Crippen LogP contribution in [0.2, 0.25) is 0 Å². The molecule has 0 saturated carbocycles. The van der Waals surface area contributed by atoms with Crippen molar-refractivity contribution in [1.29, 1.82) is 0 Å². The molecule has 0 fully saturated rings. The molecule has 0 radical (unpaired) electrons. The summed E-state index contributed by atoms with van der Waals surface area (Å²) in [6, 6.07) is 9.38. The number of carbonyl (C=O) groups excluding carboxylic acids is 2. The second-order valence-electron chi connectivity index (χ2n) is 6.59. The molecular weight excluding hydrogens is 396 g/mol. The Morgan fingerprint density at radius 2 is 1.76 bits per heavy atom. The zero-order valence-electron chi connectivity index (χ0n) is 17.0. The Morgan fingerprint density at radius 3 is 2.34 bits per heavy atom. The van der Waals surface area contributed by atoms with E-state index in [0.717, 1.165) is 15.4 Å². The van der Waals surface area contributed by atoms with Crippen LogP contribution in [0, 0.1) is 13.8 Å². The Bertz CT molecular complexity index is 1030. The van der Waals surface area contributed by atoms with Gasteiger partial charge in [0.25, 0.3) is 5.91 Å². The smallest absolute Gasteiger partial charge is 0.338 e. The number of carbonyl (C=O) groups is 2. The van der Waals surface area contributed by atoms with Gasteiger partial charge in [-0.05, 0) is 43.7 Å². The zero-order chi connectivity index (χ0) is 21.8. The summed E-state index contributed by atoms with van der Waals surface area (Å²) in [5, 5.41) is 2.52. The maximum atomic E-state index is 12.3. The molecule has 0 atom stereocenters. The van der Waals surface area contributed by atoms with Crippen LogP contribution in [-0.2, 0) is 19.6 Å². The van der Waals surface area contributed by atoms with E-state index in [1.54, 1.807) is 19.1 Å². The first-order valence-electron chi connectivity index (χ1n) is 8.71. The number of rotatable bonds is 7. The summed E-state index contributed by atoms with van der Waals surface area (Å²) in [5.41, 5.74) is 2.29. The number of nitrogens with zero attached hydrogens (tertiary/aromatic N) is 1. The summed E-state index contributed by atoms with van der Waals surface area (Å²) in [6.07, 6.45) is 0. The van der Waals surface area contributed by atoms with Crippen molar-refractivity contribution < 1.29 is 27.5 Å². The summed E-state index contributed by atoms with van der Waals surface area (Å²) in [4.78, 5) is 24.4. The molecule has 0 saturated heterocycles. The molecule has 0 spiro atoms. The molecule has 2 aromatic carbocycles. The summed E-state index contributed by atoms with van der Waals surface area (Å²) < 4.78 is 35.9. The average Bonchev–Trinajstić information content (AvgIpc) is 2.65. The van der Waals surface area contributed by atoms with Crippen LogP contribution in [-0.4, -0.2) is 52.4 Å². The van der Waals surface area contributed by atoms with Crippen molar-refractivity contribution in [3.8, 4) is 5.75 Å². The molecule has 0 aliphatic rings. The quantitative estimate of drug-likeness (QED) is 0.690. The van der Waals surface area contributed by atoms with Crippen molar-refractivity contribution >= 4 is 27.6 Å². The van der Waals surface area contributed by atoms with Crippen LogP contribution in [0.4, 0.5) is 5.69 Å². The van der Waals surface area contributed by atoms with Gasteiger partial charge in [-0.15, -0.1) is 0 Å². The van der Waals surface area contributed by atoms with Gasteiger partial charge in [-0.1, -0.05) is 17.7 Å². The summed E-state index contributed by atoms with van der Waals surface area (Å²) >= 11 is 0. The summed E-state index contributed by atoms with van der Waals surface area (Å²) in [7, 11) is 0.519. The van der Waals surface area contributed by atoms with E-state index in [9.17, 15) is 18.0 Å². The van der Waals surface area contributed by atoms with E-state index < -0.39 is 28.5 Å². The van der Waals surface area contributed by atoms with Gasteiger partial charge < -0.3 is 14.8 Å². The van der Waals surface area contributed by atoms with E-state index >= 15 is 0 Å². The molecule has 0 unspecified atom stereocenters. The molecule has 2 aromatic rings. The first-order chi connectivity index (χ1) is 13.6. The molecule has 0 bridgehead atoms. The van der Waals surface area contributed by atoms with Crippen molar-refractivity contribution in [2.24, 2.45) is 0 Å². The number of ether oxygens (including phenoxy) is 2. The average molecular weight is 420 g/mol. The number of benzene rings is 2. The standard InChI is InChI=1S/C20H24N2O6S/c1-13-6-8-16(14(2)10-13)20(24)28-12-19(23)21-17-11-15(7-9-18(17)27-5)29(25,26)22(3)4/h6-11H,12H2,1-5H3,(H,21,23). The van der Waals surface area contributed by atoms with E-state index in [1.807, 2.05) is 13.0 Å². The van der Waals surface area contributed by atoms with Gasteiger partial charge >= 0.3 is 5.97 Å². The van der Waals surface area contributed by atoms with Crippen molar-refractivity contribution in [3.63, 3.8) is 0 Å². The number of amides is 1. The van der Waals surface area contributed by atoms with Gasteiger partial charge in [0.05, 0.1) is 23.3 Å². The number of methoxy groups -OCH3 is 1. The third-order valence-corrected chi connectivity index (χ3v) is 5.97. The number of sulfonamides is 1. The number of nitrogens with one attached hydrogen (secondary N) is 1. The fourth-order valence-electron chi connectivity index (χ4n) is 2.59. The maximum absolute atomic E-state index is 12.3. The van der Waals surface area contributed by atoms with E-state index in [4.69, 9.17) is 9.47 Å². The van der Waals surface area contributed by atoms with Gasteiger partial charge in [0.2, 0.25) is 10.0 Å². The van der Waals surface area contributed by atoms with Crippen LogP contribution in [0.3, 0.4) is 0 Å². The molecule has 0 aliphatic heterocycles. The lowest BCUT2D eigenvalue weighted by Gasteiger charge is -2.15. The summed E-state index contributed by atoms with van der Waals surface area (Å²) in [5.74, 6) is -0.967. The molecule has 9 heteroatoms. The number of anilines is 1. The third kappa shape index (κ3) is 5.33. The van der Waals surface area contributed by atoms with Crippen LogP contribution in [0.15, 0.2) is 41.3 Å². The highest BCUT2D eigenvalue weighted by molar-refractivity contribution is 7.89. The molecule has 1 amide bonds. The first-order valence-corrected chi connectivity index (χ1v) is 10.1. The molecule has 1 N–H and O–H groups in total. The molecule has 8 nitrogen and oxygen atoms in total. The van der Waals surface area contributed by atoms with E-state index in [1.165, 1.54) is 39.4 Å². The van der Waals surface area contributed by atoms with Crippen molar-refractivity contribution in [2.45, 2.75) is 18.7 Å². The molecule has 156 valence electrons. The van der Waals surface area contributed by atoms with Crippen LogP contribution in [0.1, 0.15) is 21.5 Å². The fourth-order valence-corrected chi connectivity index (χ4v) is 3.52. The molecule has 0 aliphatic carbocycles. The monoisotopic (exact) mass is 420 g/mol. The lowest BCUT2D eigenvalue weighted by Crippen LogP contribution is -2.23. The van der Waals surface area contributed by atoms with Gasteiger partial charge in [-0.25, -0.2) is 17.5 Å². The minimum Gasteiger partial charge on any atom is -0.495 e. The Kier molecular flexibility index (Phi) is 6.99. The van der Waals surface area contributed by atoms with Crippen molar-refractivity contribution in [3.05, 3.63) is 53.1 Å². The van der Waals surface area contributed by atoms with E-state index in [2.05, 4.69) is 5.32 Å². The third-order valence-electron chi connectivity index (χ3n) is 4.16. The first kappa shape index (κ1) is 22.4. The van der Waals surface area contributed by atoms with Gasteiger partial charge in [-0.2, -0.15) is 0 Å². The second-order valence-corrected chi connectivity index (χ2v) is 8.74. The lowest BCUT2D eigenvalue weighted by atomic mass is 10.1. The van der Waals surface area contributed by atoms with Gasteiger partial charge in [-0.3, -0.25) is 4.79 Å². The fraction of sp³-hybridized carbons (Fsp3) is 0.300. The topological polar surface area (TPSA) is 102 Å². The molecular formula is C20H24N2O6S. The number of hydrogen-bond donors (Lipinski definition) is 1. The highest BCUT2D eigenvalue weighted by Crippen LogP contribution is 2.28. The van der Waals surface area contributed by atoms with Crippen LogP contribution in [0.25, 0.3) is 0 Å². The van der Waals surface area contributed by atoms with Crippen LogP contribution < -0.4 is 10.1 Å². The lowest BCUT2D eigenvalue weighted by molar-refractivity contribution is -0.119. The molecule has 0 aromatic heterocycles. The van der Waals surface area contributed by atoms with Crippen LogP contribution in [0.5, 0.6) is 5.75 Å². The van der Waals surface area contributed by atoms with Crippen LogP contribution >= 0.6 is 0 Å². The minimum absolute atomic E-state index is 0.00845. The van der Waals surface area contributed by atoms with Crippen molar-refractivity contribution in [1.82, 2.24) is 4.31 Å². The predicted octanol–water partition coefficient (Wildman–Crippen LogP) is 2.36. The second kappa shape index (κ2) is 9.06. The van der Waals surface area contributed by atoms with E-state index in [-0.39, 0.29) is 16.3 Å². The van der Waals surface area contributed by atoms with Gasteiger partial charge in [0.1, 0.15) is 5.75 Å². The Hall–Kier alpha value is -2.91. The van der Waals surface area contributed by atoms with Gasteiger partial charge in [0.15, 0.2) is 6.61 Å². The highest BCUT2D eigenvalue weighted by atomic mass is 32.2. The normalized spacial score (nSPS) is 11.2. The predicted molar refractivity (Wildman–Crippen MR) is 109 cm³/mol. The SMILES string of the molecule is COc1ccc(S(=O)(=O)N(C)C)cc1NC(=O)COC(=O)c1ccc(C)cc1C. The largest absolute Gasteiger partial charge is 0.495 e. The Labute approximate surface area is 170 Å². The van der Waals surface area contributed by atoms with Gasteiger partial charge in [0, 0.05) is 14.1 Å². The molecule has 2 rings (SSSR count). The minimum atomic E-state index is -3.69. The Balaban J connectivity index is 2.12. The number of hydrogen-bond acceptors (Lipinski definition) is 6. The van der Waals surface area contributed by atoms with Crippen molar-refractivity contribution in [2.75, 3.05) is 33.1 Å². The molecule has 29 heavy (non-hydrogen) atoms. The molecule has 0 heterocycles. The highest BCUT2D eigenvalue weighted by Gasteiger charge is 2.20. The van der Waals surface area contributed by atoms with E-state index in [0.29, 0.717) is 5.56 Å². The zero-order valence-corrected chi connectivity index (χ0v) is 17.8. The number of aryl methyl sites for hydroxylation is 2. The summed E-state index contributed by atoms with van der Waals surface area (Å²) in [6.45, 7) is 3.17. The number of esters is 1. The maximum Gasteiger partial charge on any atom is 0.338 e.